The Kier molecular flexibility index (Phi) is 52.7. The van der Waals surface area contributed by atoms with Crippen molar-refractivity contribution in [2.24, 2.45) is 27.6 Å². The molecule has 0 heterocycles. The SMILES string of the molecule is C.C.C.C.CC(C)(C)C.CC(C)C.CCC.CCC(C)(C)C.CCC(C)(C)CC(C)(C)C. The predicted molar refractivity (Wildman–Crippen MR) is 166 cm³/mol. The van der Waals surface area contributed by atoms with Crippen LogP contribution in [0.2, 0.25) is 0 Å². The van der Waals surface area contributed by atoms with Gasteiger partial charge in [0.1, 0.15) is 0 Å². The van der Waals surface area contributed by atoms with Gasteiger partial charge in [-0.25, -0.2) is 0 Å². The van der Waals surface area contributed by atoms with Crippen LogP contribution in [0.1, 0.15) is 187 Å². The second-order valence-corrected chi connectivity index (χ2v) is 13.6. The third kappa shape index (κ3) is 175. The molecule has 210 valence electrons. The Hall–Kier alpha value is 0. The monoisotopic (exact) mass is 467 g/mol. The molecule has 0 amide bonds. The van der Waals surface area contributed by atoms with E-state index in [2.05, 4.69) is 132 Å². The lowest BCUT2D eigenvalue weighted by molar-refractivity contribution is 0.206. The van der Waals surface area contributed by atoms with E-state index in [4.69, 9.17) is 0 Å². The average Bonchev–Trinajstić information content (AvgIpc) is 2.34. The maximum Gasteiger partial charge on any atom is -0.0352 e. The lowest BCUT2D eigenvalue weighted by atomic mass is 9.75. The minimum absolute atomic E-state index is 0. The highest BCUT2D eigenvalue weighted by atomic mass is 14.3. The fourth-order valence-electron chi connectivity index (χ4n) is 1.56. The van der Waals surface area contributed by atoms with Crippen LogP contribution in [-0.2, 0) is 0 Å². The molecule has 0 bridgehead atoms. The molecule has 0 radical (unpaired) electrons. The summed E-state index contributed by atoms with van der Waals surface area (Å²) < 4.78 is 0. The first-order valence-electron chi connectivity index (χ1n) is 12.0. The van der Waals surface area contributed by atoms with Gasteiger partial charge in [0.2, 0.25) is 0 Å². The highest BCUT2D eigenvalue weighted by Crippen LogP contribution is 2.35. The van der Waals surface area contributed by atoms with Crippen molar-refractivity contribution in [3.05, 3.63) is 0 Å². The summed E-state index contributed by atoms with van der Waals surface area (Å²) >= 11 is 0. The first-order chi connectivity index (χ1) is 12.0. The van der Waals surface area contributed by atoms with Gasteiger partial charge in [-0.3, -0.25) is 0 Å². The van der Waals surface area contributed by atoms with E-state index >= 15 is 0 Å². The smallest absolute Gasteiger partial charge is 0.0352 e. The zero-order valence-corrected chi connectivity index (χ0v) is 24.4. The molecule has 0 spiro atoms. The maximum atomic E-state index is 2.35. The Labute approximate surface area is 214 Å². The van der Waals surface area contributed by atoms with Crippen molar-refractivity contribution >= 4 is 0 Å². The average molecular weight is 467 g/mol. The van der Waals surface area contributed by atoms with E-state index in [1.807, 2.05) is 0 Å². The third-order valence-corrected chi connectivity index (χ3v) is 3.03. The molecule has 0 atom stereocenters. The highest BCUT2D eigenvalue weighted by molar-refractivity contribution is 4.74. The molecule has 0 N–H and O–H groups in total. The predicted octanol–water partition coefficient (Wildman–Crippen LogP) is 14.0. The lowest BCUT2D eigenvalue weighted by Crippen LogP contribution is -2.19. The van der Waals surface area contributed by atoms with Crippen molar-refractivity contribution in [3.63, 3.8) is 0 Å². The van der Waals surface area contributed by atoms with Crippen molar-refractivity contribution in [1.82, 2.24) is 0 Å². The largest absolute Gasteiger partial charge is 0.0776 e. The van der Waals surface area contributed by atoms with Gasteiger partial charge in [-0.15, -0.1) is 0 Å². The molecule has 0 aliphatic rings. The van der Waals surface area contributed by atoms with Crippen LogP contribution in [0.25, 0.3) is 0 Å². The van der Waals surface area contributed by atoms with Gasteiger partial charge < -0.3 is 0 Å². The molecule has 0 aliphatic carbocycles. The van der Waals surface area contributed by atoms with Gasteiger partial charge in [-0.05, 0) is 34.0 Å². The summed E-state index contributed by atoms with van der Waals surface area (Å²) in [5.74, 6) is 0.833. The Bertz CT molecular complexity index is 264. The van der Waals surface area contributed by atoms with Crippen molar-refractivity contribution < 1.29 is 0 Å². The van der Waals surface area contributed by atoms with E-state index in [0.717, 1.165) is 5.92 Å². The molecule has 0 fully saturated rings. The Morgan fingerprint density at radius 2 is 0.625 bits per heavy atom. The second-order valence-electron chi connectivity index (χ2n) is 13.6. The molecular formula is C32H82. The maximum absolute atomic E-state index is 2.35. The van der Waals surface area contributed by atoms with Crippen LogP contribution in [0.5, 0.6) is 0 Å². The van der Waals surface area contributed by atoms with Crippen LogP contribution < -0.4 is 0 Å². The fourth-order valence-corrected chi connectivity index (χ4v) is 1.56. The molecule has 0 aromatic rings. The molecule has 0 rings (SSSR count). The van der Waals surface area contributed by atoms with E-state index in [0.29, 0.717) is 21.7 Å². The van der Waals surface area contributed by atoms with Crippen LogP contribution in [-0.4, -0.2) is 0 Å². The summed E-state index contributed by atoms with van der Waals surface area (Å²) in [6, 6.07) is 0. The van der Waals surface area contributed by atoms with Gasteiger partial charge in [-0.2, -0.15) is 0 Å². The summed E-state index contributed by atoms with van der Waals surface area (Å²) in [5, 5.41) is 0. The normalized spacial score (nSPS) is 10.1. The van der Waals surface area contributed by atoms with E-state index in [9.17, 15) is 0 Å². The van der Waals surface area contributed by atoms with Crippen molar-refractivity contribution in [2.75, 3.05) is 0 Å². The summed E-state index contributed by atoms with van der Waals surface area (Å²) in [6.07, 6.45) is 5.12. The Balaban J connectivity index is -0.0000000304. The minimum Gasteiger partial charge on any atom is -0.0776 e. The quantitative estimate of drug-likeness (QED) is 0.379. The van der Waals surface area contributed by atoms with Crippen molar-refractivity contribution in [2.45, 2.75) is 187 Å². The van der Waals surface area contributed by atoms with Gasteiger partial charge in [0.05, 0.1) is 0 Å². The molecule has 0 heteroatoms. The number of rotatable bonds is 2. The first-order valence-corrected chi connectivity index (χ1v) is 12.0. The molecule has 0 saturated carbocycles. The molecule has 0 nitrogen and oxygen atoms in total. The fraction of sp³-hybridized carbons (Fsp3) is 1.00. The van der Waals surface area contributed by atoms with E-state index in [1.54, 1.807) is 0 Å². The van der Waals surface area contributed by atoms with E-state index in [-0.39, 0.29) is 29.7 Å². The lowest BCUT2D eigenvalue weighted by Gasteiger charge is -2.31. The molecule has 0 saturated heterocycles. The zero-order valence-electron chi connectivity index (χ0n) is 24.4. The van der Waals surface area contributed by atoms with Gasteiger partial charge in [0.25, 0.3) is 0 Å². The number of hydrogen-bond acceptors (Lipinski definition) is 0. The van der Waals surface area contributed by atoms with Crippen LogP contribution in [0.3, 0.4) is 0 Å². The van der Waals surface area contributed by atoms with E-state index < -0.39 is 0 Å². The van der Waals surface area contributed by atoms with Crippen LogP contribution in [0, 0.1) is 27.6 Å². The minimum atomic E-state index is 0. The molecule has 0 unspecified atom stereocenters. The second kappa shape index (κ2) is 29.0. The highest BCUT2D eigenvalue weighted by Gasteiger charge is 2.23. The van der Waals surface area contributed by atoms with Gasteiger partial charge in [0.15, 0.2) is 0 Å². The summed E-state index contributed by atoms with van der Waals surface area (Å²) in [5.41, 5.74) is 2.05. The third-order valence-electron chi connectivity index (χ3n) is 3.03. The van der Waals surface area contributed by atoms with Crippen molar-refractivity contribution in [1.29, 1.82) is 0 Å². The van der Waals surface area contributed by atoms with Gasteiger partial charge in [0, 0.05) is 0 Å². The molecule has 0 aromatic heterocycles. The van der Waals surface area contributed by atoms with Gasteiger partial charge in [-0.1, -0.05) is 181 Å². The molecule has 32 heavy (non-hydrogen) atoms. The summed E-state index contributed by atoms with van der Waals surface area (Å²) in [4.78, 5) is 0. The van der Waals surface area contributed by atoms with E-state index in [1.165, 1.54) is 25.7 Å². The molecular weight excluding hydrogens is 384 g/mol. The zero-order chi connectivity index (χ0) is 24.4. The Morgan fingerprint density at radius 1 is 0.469 bits per heavy atom. The topological polar surface area (TPSA) is 0 Å². The van der Waals surface area contributed by atoms with Crippen LogP contribution in [0.15, 0.2) is 0 Å². The van der Waals surface area contributed by atoms with Crippen LogP contribution >= 0.6 is 0 Å². The first kappa shape index (κ1) is 58.1. The molecule has 0 aliphatic heterocycles. The van der Waals surface area contributed by atoms with Crippen LogP contribution in [0.4, 0.5) is 0 Å². The molecule has 0 aromatic carbocycles. The number of hydrogen-bond donors (Lipinski definition) is 0. The summed E-state index contributed by atoms with van der Waals surface area (Å²) in [6.45, 7) is 42.3. The van der Waals surface area contributed by atoms with Gasteiger partial charge >= 0.3 is 0 Å². The summed E-state index contributed by atoms with van der Waals surface area (Å²) in [7, 11) is 0. The Morgan fingerprint density at radius 3 is 0.656 bits per heavy atom. The standard InChI is InChI=1S/C10H22.C6H14.C5H12.C4H10.C3H8.4CH4/c1-7-10(5,6)8-9(2,3)4;1-5-6(2,3)4;1-5(2,3)4;1-4(2)3;1-3-2;;;;/h7-8H2,1-6H3;5H2,1-4H3;1-4H3;4H,1-3H3;3H2,1-2H3;4*1H4. The van der Waals surface area contributed by atoms with Crippen molar-refractivity contribution in [3.8, 4) is 0 Å².